The Bertz CT molecular complexity index is 1240. The fourth-order valence-electron chi connectivity index (χ4n) is 6.98. The number of rotatable bonds is 20. The van der Waals surface area contributed by atoms with Crippen LogP contribution in [0.2, 0.25) is 5.04 Å². The van der Waals surface area contributed by atoms with E-state index in [1.54, 1.807) is 0 Å². The number of hydrogen-bond acceptors (Lipinski definition) is 4. The van der Waals surface area contributed by atoms with Crippen molar-refractivity contribution < 1.29 is 14.3 Å². The van der Waals surface area contributed by atoms with E-state index in [2.05, 4.69) is 88.4 Å². The molecule has 0 spiro atoms. The highest BCUT2D eigenvalue weighted by Gasteiger charge is 2.51. The smallest absolute Gasteiger partial charge is 0.261 e. The monoisotopic (exact) mass is 641 g/mol. The SMILES string of the molecule is CCCCCCCCCCCCCC[C@@H](O)[C@H]1OC(c2ccccc2)=N[C@H]1CO[Si](c1ccccc1)(c1ccccc1)C(C)(C)C. The summed E-state index contributed by atoms with van der Waals surface area (Å²) >= 11 is 0. The second kappa shape index (κ2) is 18.6. The molecule has 3 aromatic rings. The van der Waals surface area contributed by atoms with E-state index in [0.717, 1.165) is 24.8 Å². The lowest BCUT2D eigenvalue weighted by Gasteiger charge is -2.43. The molecule has 3 atom stereocenters. The summed E-state index contributed by atoms with van der Waals surface area (Å²) in [4.78, 5) is 5.07. The van der Waals surface area contributed by atoms with Gasteiger partial charge in [0.2, 0.25) is 5.90 Å². The topological polar surface area (TPSA) is 51.0 Å². The average Bonchev–Trinajstić information content (AvgIpc) is 3.51. The number of ether oxygens (including phenoxy) is 1. The van der Waals surface area contributed by atoms with Gasteiger partial charge in [0.25, 0.3) is 8.32 Å². The van der Waals surface area contributed by atoms with Gasteiger partial charge in [-0.25, -0.2) is 4.99 Å². The highest BCUT2D eigenvalue weighted by Crippen LogP contribution is 2.37. The summed E-state index contributed by atoms with van der Waals surface area (Å²) < 4.78 is 13.7. The minimum Gasteiger partial charge on any atom is -0.469 e. The molecule has 1 heterocycles. The summed E-state index contributed by atoms with van der Waals surface area (Å²) in [7, 11) is -2.75. The van der Waals surface area contributed by atoms with Gasteiger partial charge in [0.05, 0.1) is 12.7 Å². The number of aliphatic hydroxyl groups is 1. The third-order valence-electron chi connectivity index (χ3n) is 9.55. The van der Waals surface area contributed by atoms with Gasteiger partial charge in [-0.3, -0.25) is 0 Å². The van der Waals surface area contributed by atoms with E-state index in [9.17, 15) is 5.11 Å². The molecule has 0 amide bonds. The zero-order valence-corrected chi connectivity index (χ0v) is 30.0. The van der Waals surface area contributed by atoms with Crippen LogP contribution in [0.4, 0.5) is 0 Å². The van der Waals surface area contributed by atoms with Crippen molar-refractivity contribution in [3.05, 3.63) is 96.6 Å². The van der Waals surface area contributed by atoms with Crippen molar-refractivity contribution in [3.8, 4) is 0 Å². The van der Waals surface area contributed by atoms with Crippen LogP contribution in [0, 0.1) is 0 Å². The molecular formula is C41H59NO3Si. The summed E-state index contributed by atoms with van der Waals surface area (Å²) in [6, 6.07) is 31.2. The van der Waals surface area contributed by atoms with E-state index < -0.39 is 20.5 Å². The molecule has 5 heteroatoms. The van der Waals surface area contributed by atoms with Crippen molar-refractivity contribution in [2.75, 3.05) is 6.61 Å². The molecule has 0 unspecified atom stereocenters. The summed E-state index contributed by atoms with van der Waals surface area (Å²) in [5, 5.41) is 13.9. The number of unbranched alkanes of at least 4 members (excludes halogenated alkanes) is 11. The number of nitrogens with zero attached hydrogens (tertiary/aromatic N) is 1. The van der Waals surface area contributed by atoms with Gasteiger partial charge in [-0.05, 0) is 34.0 Å². The molecule has 0 aliphatic carbocycles. The zero-order chi connectivity index (χ0) is 32.7. The van der Waals surface area contributed by atoms with Gasteiger partial charge >= 0.3 is 0 Å². The fourth-order valence-corrected chi connectivity index (χ4v) is 11.6. The largest absolute Gasteiger partial charge is 0.469 e. The van der Waals surface area contributed by atoms with Crippen molar-refractivity contribution in [2.24, 2.45) is 4.99 Å². The first-order valence-electron chi connectivity index (χ1n) is 18.1. The van der Waals surface area contributed by atoms with Crippen LogP contribution in [-0.2, 0) is 9.16 Å². The molecule has 1 aliphatic heterocycles. The number of hydrogen-bond donors (Lipinski definition) is 1. The average molecular weight is 642 g/mol. The summed E-state index contributed by atoms with van der Waals surface area (Å²) in [6.07, 6.45) is 15.3. The van der Waals surface area contributed by atoms with Gasteiger partial charge in [0.15, 0.2) is 6.10 Å². The van der Waals surface area contributed by atoms with E-state index >= 15 is 0 Å². The minimum atomic E-state index is -2.75. The Hall–Kier alpha value is -2.73. The summed E-state index contributed by atoms with van der Waals surface area (Å²) in [6.45, 7) is 9.55. The molecule has 1 N–H and O–H groups in total. The van der Waals surface area contributed by atoms with E-state index in [1.807, 2.05) is 30.3 Å². The Balaban J connectivity index is 1.41. The Labute approximate surface area is 280 Å². The third kappa shape index (κ3) is 9.89. The number of aliphatic hydroxyl groups excluding tert-OH is 1. The first-order chi connectivity index (χ1) is 22.4. The molecule has 3 aromatic carbocycles. The van der Waals surface area contributed by atoms with Crippen LogP contribution >= 0.6 is 0 Å². The van der Waals surface area contributed by atoms with Crippen molar-refractivity contribution in [2.45, 2.75) is 134 Å². The molecule has 0 fully saturated rings. The number of aliphatic imine (C=N–C) groups is 1. The van der Waals surface area contributed by atoms with Crippen molar-refractivity contribution in [1.82, 2.24) is 0 Å². The summed E-state index contributed by atoms with van der Waals surface area (Å²) in [5.74, 6) is 0.607. The highest BCUT2D eigenvalue weighted by molar-refractivity contribution is 6.99. The van der Waals surface area contributed by atoms with Crippen molar-refractivity contribution >= 4 is 24.6 Å². The molecule has 46 heavy (non-hydrogen) atoms. The van der Waals surface area contributed by atoms with Gasteiger partial charge in [-0.1, -0.05) is 184 Å². The Morgan fingerprint density at radius 1 is 0.696 bits per heavy atom. The second-order valence-electron chi connectivity index (χ2n) is 14.2. The molecular weight excluding hydrogens is 583 g/mol. The van der Waals surface area contributed by atoms with Crippen molar-refractivity contribution in [3.63, 3.8) is 0 Å². The van der Waals surface area contributed by atoms with Crippen LogP contribution in [-0.4, -0.2) is 44.2 Å². The van der Waals surface area contributed by atoms with Gasteiger partial charge in [0.1, 0.15) is 6.04 Å². The third-order valence-corrected chi connectivity index (χ3v) is 14.6. The van der Waals surface area contributed by atoms with Gasteiger partial charge in [0, 0.05) is 5.56 Å². The van der Waals surface area contributed by atoms with Crippen LogP contribution in [0.1, 0.15) is 117 Å². The fraction of sp³-hybridized carbons (Fsp3) is 0.537. The second-order valence-corrected chi connectivity index (χ2v) is 18.5. The summed E-state index contributed by atoms with van der Waals surface area (Å²) in [5.41, 5.74) is 0.943. The molecule has 0 saturated carbocycles. The lowest BCUT2D eigenvalue weighted by Crippen LogP contribution is -2.67. The van der Waals surface area contributed by atoms with Crippen LogP contribution in [0.25, 0.3) is 0 Å². The van der Waals surface area contributed by atoms with E-state index in [0.29, 0.717) is 12.5 Å². The number of benzene rings is 3. The minimum absolute atomic E-state index is 0.135. The Kier molecular flexibility index (Phi) is 14.6. The molecule has 0 saturated heterocycles. The predicted molar refractivity (Wildman–Crippen MR) is 197 cm³/mol. The maximum absolute atomic E-state index is 11.5. The quantitative estimate of drug-likeness (QED) is 0.0989. The first kappa shape index (κ1) is 36.1. The van der Waals surface area contributed by atoms with Gasteiger partial charge in [-0.15, -0.1) is 0 Å². The maximum atomic E-state index is 11.5. The zero-order valence-electron chi connectivity index (χ0n) is 29.0. The normalized spacial score (nSPS) is 17.5. The molecule has 0 aromatic heterocycles. The van der Waals surface area contributed by atoms with E-state index in [-0.39, 0.29) is 11.1 Å². The lowest BCUT2D eigenvalue weighted by atomic mass is 10.00. The standard InChI is InChI=1S/C41H59NO3Si/c1-5-6-7-8-9-10-11-12-13-14-15-25-32-38(43)39-37(42-40(45-39)34-26-19-16-20-27-34)33-44-46(41(2,3)4,35-28-21-17-22-29-35)36-30-23-18-24-31-36/h16-24,26-31,37-39,43H,5-15,25,32-33H2,1-4H3/t37-,38+,39-/m0/s1. The molecule has 4 rings (SSSR count). The van der Waals surface area contributed by atoms with Crippen LogP contribution in [0.15, 0.2) is 96.0 Å². The Morgan fingerprint density at radius 2 is 1.15 bits per heavy atom. The van der Waals surface area contributed by atoms with Crippen LogP contribution in [0.5, 0.6) is 0 Å². The molecule has 0 radical (unpaired) electrons. The van der Waals surface area contributed by atoms with Gasteiger partial charge < -0.3 is 14.3 Å². The predicted octanol–water partition coefficient (Wildman–Crippen LogP) is 9.23. The van der Waals surface area contributed by atoms with Crippen LogP contribution < -0.4 is 10.4 Å². The lowest BCUT2D eigenvalue weighted by molar-refractivity contribution is 0.0139. The molecule has 4 nitrogen and oxygen atoms in total. The van der Waals surface area contributed by atoms with Gasteiger partial charge in [-0.2, -0.15) is 0 Å². The highest BCUT2D eigenvalue weighted by atomic mass is 28.4. The Morgan fingerprint density at radius 3 is 1.63 bits per heavy atom. The molecule has 0 bridgehead atoms. The molecule has 250 valence electrons. The first-order valence-corrected chi connectivity index (χ1v) is 20.0. The maximum Gasteiger partial charge on any atom is 0.261 e. The van der Waals surface area contributed by atoms with Crippen molar-refractivity contribution in [1.29, 1.82) is 0 Å². The van der Waals surface area contributed by atoms with E-state index in [1.165, 1.54) is 74.6 Å². The van der Waals surface area contributed by atoms with Crippen LogP contribution in [0.3, 0.4) is 0 Å². The van der Waals surface area contributed by atoms with E-state index in [4.69, 9.17) is 14.2 Å². The molecule has 1 aliphatic rings.